The third-order valence-electron chi connectivity index (χ3n) is 7.50. The third kappa shape index (κ3) is 5.50. The van der Waals surface area contributed by atoms with Gasteiger partial charge in [-0.1, -0.05) is 138 Å². The van der Waals surface area contributed by atoms with Crippen molar-refractivity contribution >= 4 is 0 Å². The zero-order chi connectivity index (χ0) is 27.8. The summed E-state index contributed by atoms with van der Waals surface area (Å²) in [4.78, 5) is 0. The maximum atomic E-state index is 11.9. The molecular formula is C36H42O2. The highest BCUT2D eigenvalue weighted by Gasteiger charge is 2.35. The summed E-state index contributed by atoms with van der Waals surface area (Å²) < 4.78 is 0. The van der Waals surface area contributed by atoms with Gasteiger partial charge in [0.15, 0.2) is 0 Å². The summed E-state index contributed by atoms with van der Waals surface area (Å²) in [6.07, 6.45) is 0. The predicted octanol–water partition coefficient (Wildman–Crippen LogP) is 9.27. The van der Waals surface area contributed by atoms with Crippen LogP contribution in [0, 0.1) is 13.8 Å². The lowest BCUT2D eigenvalue weighted by Crippen LogP contribution is -2.19. The molecule has 4 rings (SSSR count). The standard InChI is InChI=1S/C36H42O2/c1-23-19-27(33(37)29(21-23)35(3,4)5)31(25-15-11-9-12-16-25)32(26-17-13-10-14-18-26)28-20-24(2)22-30(34(28)38)36(6,7)8/h9-22,31-32,37-38H,1-8H3/t31-,32?/m0/s1. The quantitative estimate of drug-likeness (QED) is 0.283. The van der Waals surface area contributed by atoms with Gasteiger partial charge in [0.25, 0.3) is 0 Å². The number of aromatic hydroxyl groups is 2. The average Bonchev–Trinajstić information content (AvgIpc) is 2.85. The van der Waals surface area contributed by atoms with Crippen molar-refractivity contribution in [2.45, 2.75) is 78.1 Å². The van der Waals surface area contributed by atoms with Gasteiger partial charge in [-0.3, -0.25) is 0 Å². The van der Waals surface area contributed by atoms with E-state index < -0.39 is 0 Å². The minimum atomic E-state index is -0.223. The zero-order valence-corrected chi connectivity index (χ0v) is 24.1. The van der Waals surface area contributed by atoms with Gasteiger partial charge in [0.2, 0.25) is 0 Å². The van der Waals surface area contributed by atoms with Gasteiger partial charge >= 0.3 is 0 Å². The number of aryl methyl sites for hydroxylation is 2. The molecule has 198 valence electrons. The van der Waals surface area contributed by atoms with E-state index in [0.717, 1.165) is 44.5 Å². The largest absolute Gasteiger partial charge is 0.507 e. The number of rotatable bonds is 5. The summed E-state index contributed by atoms with van der Waals surface area (Å²) >= 11 is 0. The van der Waals surface area contributed by atoms with E-state index in [1.165, 1.54) is 0 Å². The number of benzene rings is 4. The van der Waals surface area contributed by atoms with Crippen molar-refractivity contribution in [3.05, 3.63) is 129 Å². The zero-order valence-electron chi connectivity index (χ0n) is 24.1. The highest BCUT2D eigenvalue weighted by atomic mass is 16.3. The van der Waals surface area contributed by atoms with Gasteiger partial charge < -0.3 is 10.2 Å². The fraction of sp³-hybridized carbons (Fsp3) is 0.333. The van der Waals surface area contributed by atoms with Crippen LogP contribution in [0.2, 0.25) is 0 Å². The summed E-state index contributed by atoms with van der Waals surface area (Å²) in [5.74, 6) is 0.224. The molecule has 0 radical (unpaired) electrons. The van der Waals surface area contributed by atoms with Crippen LogP contribution in [0.15, 0.2) is 84.9 Å². The highest BCUT2D eigenvalue weighted by molar-refractivity contribution is 5.58. The molecule has 0 amide bonds. The van der Waals surface area contributed by atoms with Crippen LogP contribution in [0.1, 0.15) is 97.9 Å². The van der Waals surface area contributed by atoms with Gasteiger partial charge in [0, 0.05) is 23.0 Å². The molecule has 4 aromatic carbocycles. The van der Waals surface area contributed by atoms with E-state index in [1.807, 2.05) is 12.1 Å². The molecule has 4 aromatic rings. The number of hydrogen-bond donors (Lipinski definition) is 2. The molecule has 0 spiro atoms. The van der Waals surface area contributed by atoms with Crippen molar-refractivity contribution in [1.82, 2.24) is 0 Å². The van der Waals surface area contributed by atoms with Gasteiger partial charge in [-0.25, -0.2) is 0 Å². The molecule has 38 heavy (non-hydrogen) atoms. The topological polar surface area (TPSA) is 40.5 Å². The van der Waals surface area contributed by atoms with Gasteiger partial charge in [-0.2, -0.15) is 0 Å². The Kier molecular flexibility index (Phi) is 7.48. The molecule has 0 aliphatic carbocycles. The second kappa shape index (κ2) is 10.3. The molecular weight excluding hydrogens is 464 g/mol. The van der Waals surface area contributed by atoms with Crippen LogP contribution in [0.4, 0.5) is 0 Å². The molecule has 0 heterocycles. The molecule has 2 heteroatoms. The summed E-state index contributed by atoms with van der Waals surface area (Å²) in [7, 11) is 0. The molecule has 1 unspecified atom stereocenters. The first-order chi connectivity index (χ1) is 17.8. The lowest BCUT2D eigenvalue weighted by molar-refractivity contribution is 0.425. The second-order valence-electron chi connectivity index (χ2n) is 12.8. The lowest BCUT2D eigenvalue weighted by atomic mass is 9.70. The summed E-state index contributed by atoms with van der Waals surface area (Å²) in [6, 6.07) is 29.2. The van der Waals surface area contributed by atoms with Gasteiger partial charge in [0.1, 0.15) is 11.5 Å². The Morgan fingerprint density at radius 2 is 0.816 bits per heavy atom. The fourth-order valence-electron chi connectivity index (χ4n) is 5.66. The second-order valence-corrected chi connectivity index (χ2v) is 12.8. The maximum absolute atomic E-state index is 11.9. The molecule has 2 nitrogen and oxygen atoms in total. The Balaban J connectivity index is 2.13. The molecule has 0 aromatic heterocycles. The van der Waals surface area contributed by atoms with Crippen molar-refractivity contribution in [3.8, 4) is 11.5 Å². The van der Waals surface area contributed by atoms with Crippen LogP contribution in [-0.4, -0.2) is 10.2 Å². The summed E-state index contributed by atoms with van der Waals surface area (Å²) in [6.45, 7) is 17.0. The van der Waals surface area contributed by atoms with E-state index in [9.17, 15) is 10.2 Å². The van der Waals surface area contributed by atoms with Crippen molar-refractivity contribution in [2.75, 3.05) is 0 Å². The maximum Gasteiger partial charge on any atom is 0.123 e. The molecule has 0 saturated carbocycles. The Hall–Kier alpha value is -3.52. The first-order valence-electron chi connectivity index (χ1n) is 13.6. The fourth-order valence-corrected chi connectivity index (χ4v) is 5.66. The van der Waals surface area contributed by atoms with E-state index in [2.05, 4.69) is 128 Å². The monoisotopic (exact) mass is 506 g/mol. The highest BCUT2D eigenvalue weighted by Crippen LogP contribution is 2.51. The number of phenolic OH excluding ortho intramolecular Hbond substituents is 2. The van der Waals surface area contributed by atoms with Crippen LogP contribution in [0.25, 0.3) is 0 Å². The molecule has 0 aliphatic heterocycles. The lowest BCUT2D eigenvalue weighted by Gasteiger charge is -2.34. The summed E-state index contributed by atoms with van der Waals surface area (Å²) in [5.41, 5.74) is 7.60. The molecule has 0 bridgehead atoms. The van der Waals surface area contributed by atoms with Crippen molar-refractivity contribution < 1.29 is 10.2 Å². The smallest absolute Gasteiger partial charge is 0.123 e. The van der Waals surface area contributed by atoms with Crippen LogP contribution in [0.5, 0.6) is 11.5 Å². The average molecular weight is 507 g/mol. The van der Waals surface area contributed by atoms with E-state index in [-0.39, 0.29) is 22.7 Å². The normalized spacial score (nSPS) is 13.8. The van der Waals surface area contributed by atoms with Crippen LogP contribution >= 0.6 is 0 Å². The van der Waals surface area contributed by atoms with E-state index in [0.29, 0.717) is 11.5 Å². The van der Waals surface area contributed by atoms with Crippen molar-refractivity contribution in [2.24, 2.45) is 0 Å². The van der Waals surface area contributed by atoms with Crippen molar-refractivity contribution in [3.63, 3.8) is 0 Å². The Labute approximate surface area is 229 Å². The number of hydrogen-bond acceptors (Lipinski definition) is 2. The van der Waals surface area contributed by atoms with Crippen LogP contribution in [-0.2, 0) is 10.8 Å². The van der Waals surface area contributed by atoms with Crippen LogP contribution in [0.3, 0.4) is 0 Å². The molecule has 0 aliphatic rings. The predicted molar refractivity (Wildman–Crippen MR) is 160 cm³/mol. The minimum Gasteiger partial charge on any atom is -0.507 e. The molecule has 0 fully saturated rings. The SMILES string of the molecule is Cc1cc(C(c2ccccc2)[C@@H](c2ccccc2)c2cc(C)cc(C(C)(C)C)c2O)c(O)c(C(C)(C)C)c1. The Bertz CT molecular complexity index is 1290. The van der Waals surface area contributed by atoms with Crippen LogP contribution < -0.4 is 0 Å². The third-order valence-corrected chi connectivity index (χ3v) is 7.50. The Morgan fingerprint density at radius 3 is 1.11 bits per heavy atom. The van der Waals surface area contributed by atoms with E-state index in [1.54, 1.807) is 0 Å². The van der Waals surface area contributed by atoms with Gasteiger partial charge in [-0.05, 0) is 46.9 Å². The molecule has 2 atom stereocenters. The molecule has 0 saturated heterocycles. The Morgan fingerprint density at radius 1 is 0.500 bits per heavy atom. The van der Waals surface area contributed by atoms with Gasteiger partial charge in [-0.15, -0.1) is 0 Å². The number of phenols is 2. The minimum absolute atomic E-state index is 0.222. The molecule has 2 N–H and O–H groups in total. The van der Waals surface area contributed by atoms with Crippen molar-refractivity contribution in [1.29, 1.82) is 0 Å². The van der Waals surface area contributed by atoms with Gasteiger partial charge in [0.05, 0.1) is 0 Å². The summed E-state index contributed by atoms with van der Waals surface area (Å²) in [5, 5.41) is 23.7. The first kappa shape index (κ1) is 27.5. The van der Waals surface area contributed by atoms with E-state index in [4.69, 9.17) is 0 Å². The first-order valence-corrected chi connectivity index (χ1v) is 13.6. The van der Waals surface area contributed by atoms with E-state index >= 15 is 0 Å².